The summed E-state index contributed by atoms with van der Waals surface area (Å²) in [7, 11) is 0. The number of amides is 1. The highest BCUT2D eigenvalue weighted by Gasteiger charge is 2.25. The predicted octanol–water partition coefficient (Wildman–Crippen LogP) is 3.06. The van der Waals surface area contributed by atoms with Gasteiger partial charge in [-0.2, -0.15) is 5.26 Å². The molecule has 1 amide bonds. The Morgan fingerprint density at radius 2 is 2.19 bits per heavy atom. The van der Waals surface area contributed by atoms with Crippen LogP contribution < -0.4 is 10.2 Å². The van der Waals surface area contributed by atoms with Crippen LogP contribution in [0.3, 0.4) is 0 Å². The minimum atomic E-state index is 0.130. The SMILES string of the molecule is CCCNC(=O)C1CCN(c2ccc(C#N)cc2Br)CC1. The highest BCUT2D eigenvalue weighted by atomic mass is 79.9. The Bertz CT molecular complexity index is 545. The number of rotatable bonds is 4. The lowest BCUT2D eigenvalue weighted by molar-refractivity contribution is -0.125. The molecule has 1 aromatic rings. The molecule has 21 heavy (non-hydrogen) atoms. The van der Waals surface area contributed by atoms with Crippen molar-refractivity contribution in [2.75, 3.05) is 24.5 Å². The molecule has 5 heteroatoms. The molecule has 0 unspecified atom stereocenters. The van der Waals surface area contributed by atoms with E-state index in [1.54, 1.807) is 0 Å². The molecule has 1 aliphatic rings. The van der Waals surface area contributed by atoms with Gasteiger partial charge in [-0.25, -0.2) is 0 Å². The number of nitriles is 1. The molecule has 0 spiro atoms. The molecule has 1 aromatic carbocycles. The highest BCUT2D eigenvalue weighted by molar-refractivity contribution is 9.10. The summed E-state index contributed by atoms with van der Waals surface area (Å²) in [6.07, 6.45) is 2.73. The van der Waals surface area contributed by atoms with Crippen LogP contribution in [0, 0.1) is 17.2 Å². The van der Waals surface area contributed by atoms with Crippen LogP contribution in [0.5, 0.6) is 0 Å². The van der Waals surface area contributed by atoms with E-state index in [-0.39, 0.29) is 11.8 Å². The molecular weight excluding hydrogens is 330 g/mol. The number of carbonyl (C=O) groups excluding carboxylic acids is 1. The summed E-state index contributed by atoms with van der Waals surface area (Å²) in [4.78, 5) is 14.2. The fourth-order valence-corrected chi connectivity index (χ4v) is 3.24. The summed E-state index contributed by atoms with van der Waals surface area (Å²) in [5.41, 5.74) is 1.75. The number of piperidine rings is 1. The van der Waals surface area contributed by atoms with Gasteiger partial charge < -0.3 is 10.2 Å². The minimum absolute atomic E-state index is 0.130. The molecular formula is C16H20BrN3O. The maximum absolute atomic E-state index is 12.0. The Morgan fingerprint density at radius 1 is 1.48 bits per heavy atom. The molecule has 0 bridgehead atoms. The molecule has 0 saturated carbocycles. The summed E-state index contributed by atoms with van der Waals surface area (Å²) in [5, 5.41) is 11.9. The number of hydrogen-bond acceptors (Lipinski definition) is 3. The van der Waals surface area contributed by atoms with Crippen LogP contribution >= 0.6 is 15.9 Å². The Labute approximate surface area is 134 Å². The molecule has 1 N–H and O–H groups in total. The molecule has 1 heterocycles. The lowest BCUT2D eigenvalue weighted by Crippen LogP contribution is -2.40. The normalized spacial score (nSPS) is 15.6. The van der Waals surface area contributed by atoms with Gasteiger partial charge in [0, 0.05) is 30.0 Å². The van der Waals surface area contributed by atoms with Gasteiger partial charge in [0.1, 0.15) is 0 Å². The first kappa shape index (κ1) is 15.8. The quantitative estimate of drug-likeness (QED) is 0.908. The summed E-state index contributed by atoms with van der Waals surface area (Å²) in [6, 6.07) is 7.79. The predicted molar refractivity (Wildman–Crippen MR) is 87.1 cm³/mol. The molecule has 1 saturated heterocycles. The molecule has 1 fully saturated rings. The van der Waals surface area contributed by atoms with Crippen LogP contribution in [0.1, 0.15) is 31.7 Å². The Balaban J connectivity index is 1.95. The van der Waals surface area contributed by atoms with Crippen LogP contribution in [0.15, 0.2) is 22.7 Å². The van der Waals surface area contributed by atoms with Gasteiger partial charge in [0.05, 0.1) is 17.3 Å². The first-order chi connectivity index (χ1) is 10.2. The zero-order chi connectivity index (χ0) is 15.2. The lowest BCUT2D eigenvalue weighted by atomic mass is 9.95. The number of benzene rings is 1. The smallest absolute Gasteiger partial charge is 0.223 e. The standard InChI is InChI=1S/C16H20BrN3O/c1-2-7-19-16(21)13-5-8-20(9-6-13)15-4-3-12(11-18)10-14(15)17/h3-4,10,13H,2,5-9H2,1H3,(H,19,21). The number of hydrogen-bond donors (Lipinski definition) is 1. The first-order valence-electron chi connectivity index (χ1n) is 7.38. The van der Waals surface area contributed by atoms with Crippen molar-refractivity contribution >= 4 is 27.5 Å². The molecule has 112 valence electrons. The zero-order valence-corrected chi connectivity index (χ0v) is 13.8. The number of carbonyl (C=O) groups is 1. The van der Waals surface area contributed by atoms with Crippen molar-refractivity contribution in [1.82, 2.24) is 5.32 Å². The Hall–Kier alpha value is -1.54. The topological polar surface area (TPSA) is 56.1 Å². The summed E-state index contributed by atoms with van der Waals surface area (Å²) in [5.74, 6) is 0.320. The number of halogens is 1. The van der Waals surface area contributed by atoms with Crippen LogP contribution in [0.4, 0.5) is 5.69 Å². The van der Waals surface area contributed by atoms with Gasteiger partial charge in [-0.3, -0.25) is 4.79 Å². The number of anilines is 1. The first-order valence-corrected chi connectivity index (χ1v) is 8.17. The monoisotopic (exact) mass is 349 g/mol. The van der Waals surface area contributed by atoms with Crippen LogP contribution in [-0.4, -0.2) is 25.5 Å². The molecule has 0 radical (unpaired) electrons. The van der Waals surface area contributed by atoms with E-state index in [0.29, 0.717) is 5.56 Å². The van der Waals surface area contributed by atoms with Crippen LogP contribution in [0.25, 0.3) is 0 Å². The van der Waals surface area contributed by atoms with Crippen molar-refractivity contribution < 1.29 is 4.79 Å². The Kier molecular flexibility index (Phi) is 5.63. The van der Waals surface area contributed by atoms with Crippen LogP contribution in [-0.2, 0) is 4.79 Å². The fourth-order valence-electron chi connectivity index (χ4n) is 2.61. The lowest BCUT2D eigenvalue weighted by Gasteiger charge is -2.33. The zero-order valence-electron chi connectivity index (χ0n) is 12.2. The van der Waals surface area contributed by atoms with Gasteiger partial charge in [-0.15, -0.1) is 0 Å². The van der Waals surface area contributed by atoms with Crippen molar-refractivity contribution in [3.63, 3.8) is 0 Å². The second-order valence-electron chi connectivity index (χ2n) is 5.33. The van der Waals surface area contributed by atoms with E-state index in [1.165, 1.54) is 0 Å². The van der Waals surface area contributed by atoms with Gasteiger partial charge in [-0.1, -0.05) is 6.92 Å². The molecule has 4 nitrogen and oxygen atoms in total. The largest absolute Gasteiger partial charge is 0.371 e. The van der Waals surface area contributed by atoms with Gasteiger partial charge in [0.25, 0.3) is 0 Å². The average molecular weight is 350 g/mol. The van der Waals surface area contributed by atoms with Crippen molar-refractivity contribution in [3.05, 3.63) is 28.2 Å². The molecule has 1 aliphatic heterocycles. The van der Waals surface area contributed by atoms with E-state index < -0.39 is 0 Å². The number of nitrogens with zero attached hydrogens (tertiary/aromatic N) is 2. The van der Waals surface area contributed by atoms with E-state index in [1.807, 2.05) is 18.2 Å². The fraction of sp³-hybridized carbons (Fsp3) is 0.500. The Morgan fingerprint density at radius 3 is 2.76 bits per heavy atom. The highest BCUT2D eigenvalue weighted by Crippen LogP contribution is 2.30. The summed E-state index contributed by atoms with van der Waals surface area (Å²) < 4.78 is 0.940. The van der Waals surface area contributed by atoms with Gasteiger partial charge >= 0.3 is 0 Å². The summed E-state index contributed by atoms with van der Waals surface area (Å²) >= 11 is 3.53. The third-order valence-electron chi connectivity index (χ3n) is 3.83. The van der Waals surface area contributed by atoms with Crippen molar-refractivity contribution in [2.45, 2.75) is 26.2 Å². The van der Waals surface area contributed by atoms with Gasteiger partial charge in [-0.05, 0) is 53.4 Å². The van der Waals surface area contributed by atoms with E-state index >= 15 is 0 Å². The maximum Gasteiger partial charge on any atom is 0.223 e. The van der Waals surface area contributed by atoms with Gasteiger partial charge in [0.2, 0.25) is 5.91 Å². The number of nitrogens with one attached hydrogen (secondary N) is 1. The van der Waals surface area contributed by atoms with Crippen LogP contribution in [0.2, 0.25) is 0 Å². The second-order valence-corrected chi connectivity index (χ2v) is 6.18. The van der Waals surface area contributed by atoms with Gasteiger partial charge in [0.15, 0.2) is 0 Å². The third kappa shape index (κ3) is 3.98. The van der Waals surface area contributed by atoms with E-state index in [4.69, 9.17) is 5.26 Å². The minimum Gasteiger partial charge on any atom is -0.371 e. The van der Waals surface area contributed by atoms with Crippen molar-refractivity contribution in [2.24, 2.45) is 5.92 Å². The van der Waals surface area contributed by atoms with E-state index in [9.17, 15) is 4.79 Å². The van der Waals surface area contributed by atoms with Crippen molar-refractivity contribution in [1.29, 1.82) is 5.26 Å². The molecule has 0 atom stereocenters. The molecule has 0 aliphatic carbocycles. The van der Waals surface area contributed by atoms with E-state index in [0.717, 1.165) is 49.1 Å². The molecule has 0 aromatic heterocycles. The van der Waals surface area contributed by atoms with E-state index in [2.05, 4.69) is 39.1 Å². The average Bonchev–Trinajstić information content (AvgIpc) is 2.52. The third-order valence-corrected chi connectivity index (χ3v) is 4.47. The van der Waals surface area contributed by atoms with Crippen molar-refractivity contribution in [3.8, 4) is 6.07 Å². The summed E-state index contributed by atoms with van der Waals surface area (Å²) in [6.45, 7) is 4.56. The second kappa shape index (κ2) is 7.46. The maximum atomic E-state index is 12.0. The molecule has 2 rings (SSSR count).